The second kappa shape index (κ2) is 6.54. The third kappa shape index (κ3) is 3.40. The summed E-state index contributed by atoms with van der Waals surface area (Å²) in [6.45, 7) is 2.65. The molecule has 3 nitrogen and oxygen atoms in total. The minimum Gasteiger partial charge on any atom is -0.418 e. The maximum atomic E-state index is 12.3. The molecule has 4 heteroatoms. The number of esters is 1. The van der Waals surface area contributed by atoms with E-state index in [-0.39, 0.29) is 5.97 Å². The lowest BCUT2D eigenvalue weighted by molar-refractivity contribution is -0.685. The van der Waals surface area contributed by atoms with Crippen LogP contribution in [-0.4, -0.2) is 5.97 Å². The molecule has 0 saturated heterocycles. The maximum Gasteiger partial charge on any atom is 0.420 e. The van der Waals surface area contributed by atoms with Crippen molar-refractivity contribution in [1.82, 2.24) is 0 Å². The van der Waals surface area contributed by atoms with Gasteiger partial charge >= 0.3 is 11.0 Å². The summed E-state index contributed by atoms with van der Waals surface area (Å²) < 4.78 is 7.36. The van der Waals surface area contributed by atoms with Crippen LogP contribution in [0.5, 0.6) is 5.75 Å². The van der Waals surface area contributed by atoms with Gasteiger partial charge in [-0.25, -0.2) is 4.79 Å². The number of benzene rings is 2. The summed E-state index contributed by atoms with van der Waals surface area (Å²) in [5.74, 6) is 0.241. The average Bonchev–Trinajstić information content (AvgIpc) is 2.99. The van der Waals surface area contributed by atoms with Gasteiger partial charge in [-0.3, -0.25) is 0 Å². The summed E-state index contributed by atoms with van der Waals surface area (Å²) in [4.78, 5) is 12.3. The molecule has 22 heavy (non-hydrogen) atoms. The van der Waals surface area contributed by atoms with Crippen molar-refractivity contribution in [3.05, 3.63) is 82.3 Å². The van der Waals surface area contributed by atoms with Gasteiger partial charge in [-0.15, -0.1) is 0 Å². The number of aromatic nitrogens is 1. The summed E-state index contributed by atoms with van der Waals surface area (Å²) in [5, 5.41) is 2.48. The molecule has 0 aliphatic rings. The minimum absolute atomic E-state index is 0.324. The van der Waals surface area contributed by atoms with Gasteiger partial charge < -0.3 is 4.74 Å². The van der Waals surface area contributed by atoms with Gasteiger partial charge in [0, 0.05) is 5.56 Å². The quantitative estimate of drug-likeness (QED) is 0.418. The van der Waals surface area contributed by atoms with Crippen LogP contribution in [0.25, 0.3) is 0 Å². The van der Waals surface area contributed by atoms with Gasteiger partial charge in [-0.05, 0) is 19.1 Å². The Balaban J connectivity index is 1.76. The lowest BCUT2D eigenvalue weighted by Gasteiger charge is -2.02. The normalized spacial score (nSPS) is 10.4. The standard InChI is InChI=1S/C18H16NO2S/c1-14-7-9-16(10-8-14)21-18(20)17-19(11-12-22-17)13-15-5-3-2-4-6-15/h2-12H,13H2,1H3/q+1. The molecule has 1 aromatic heterocycles. The van der Waals surface area contributed by atoms with Crippen molar-refractivity contribution >= 4 is 17.3 Å². The number of thiazole rings is 1. The van der Waals surface area contributed by atoms with Crippen LogP contribution in [0.4, 0.5) is 0 Å². The van der Waals surface area contributed by atoms with Crippen molar-refractivity contribution in [2.24, 2.45) is 0 Å². The average molecular weight is 310 g/mol. The lowest BCUT2D eigenvalue weighted by Crippen LogP contribution is -2.38. The highest BCUT2D eigenvalue weighted by Gasteiger charge is 2.23. The first kappa shape index (κ1) is 14.5. The van der Waals surface area contributed by atoms with Crippen molar-refractivity contribution < 1.29 is 14.1 Å². The van der Waals surface area contributed by atoms with E-state index in [0.717, 1.165) is 11.1 Å². The number of carbonyl (C=O) groups excluding carboxylic acids is 1. The number of ether oxygens (including phenoxy) is 1. The largest absolute Gasteiger partial charge is 0.420 e. The van der Waals surface area contributed by atoms with Crippen LogP contribution in [0, 0.1) is 6.92 Å². The van der Waals surface area contributed by atoms with Gasteiger partial charge in [-0.2, -0.15) is 4.57 Å². The van der Waals surface area contributed by atoms with Crippen LogP contribution in [0.1, 0.15) is 20.9 Å². The summed E-state index contributed by atoms with van der Waals surface area (Å²) in [6.07, 6.45) is 1.91. The van der Waals surface area contributed by atoms with Crippen LogP contribution < -0.4 is 9.30 Å². The Hall–Kier alpha value is -2.46. The topological polar surface area (TPSA) is 30.2 Å². The number of carbonyl (C=O) groups is 1. The summed E-state index contributed by atoms with van der Waals surface area (Å²) >= 11 is 1.39. The molecule has 0 bridgehead atoms. The third-order valence-corrected chi connectivity index (χ3v) is 4.17. The van der Waals surface area contributed by atoms with Crippen LogP contribution in [0.3, 0.4) is 0 Å². The number of nitrogens with zero attached hydrogens (tertiary/aromatic N) is 1. The monoisotopic (exact) mass is 310 g/mol. The Morgan fingerprint density at radius 1 is 1.09 bits per heavy atom. The van der Waals surface area contributed by atoms with Gasteiger partial charge in [-0.1, -0.05) is 59.4 Å². The first-order chi connectivity index (χ1) is 10.7. The Morgan fingerprint density at radius 3 is 2.55 bits per heavy atom. The molecule has 3 rings (SSSR count). The van der Waals surface area contributed by atoms with E-state index in [1.54, 1.807) is 0 Å². The Kier molecular flexibility index (Phi) is 4.30. The molecule has 3 aromatic rings. The van der Waals surface area contributed by atoms with E-state index in [2.05, 4.69) is 0 Å². The SMILES string of the molecule is Cc1ccc(OC(=O)c2scc[n+]2Cc2ccccc2)cc1. The van der Waals surface area contributed by atoms with E-state index < -0.39 is 0 Å². The second-order valence-corrected chi connectivity index (χ2v) is 5.92. The molecule has 110 valence electrons. The fraction of sp³-hybridized carbons (Fsp3) is 0.111. The van der Waals surface area contributed by atoms with Crippen LogP contribution in [-0.2, 0) is 6.54 Å². The molecule has 0 atom stereocenters. The number of rotatable bonds is 4. The van der Waals surface area contributed by atoms with E-state index >= 15 is 0 Å². The second-order valence-electron chi connectivity index (χ2n) is 5.02. The minimum atomic E-state index is -0.324. The highest BCUT2D eigenvalue weighted by molar-refractivity contribution is 7.11. The van der Waals surface area contributed by atoms with Crippen molar-refractivity contribution in [3.63, 3.8) is 0 Å². The van der Waals surface area contributed by atoms with E-state index in [1.165, 1.54) is 11.3 Å². The van der Waals surface area contributed by atoms with Crippen molar-refractivity contribution in [2.45, 2.75) is 13.5 Å². The number of aryl methyl sites for hydroxylation is 1. The molecule has 0 saturated carbocycles. The molecule has 2 aromatic carbocycles. The van der Waals surface area contributed by atoms with Gasteiger partial charge in [0.15, 0.2) is 12.7 Å². The van der Waals surface area contributed by atoms with Crippen molar-refractivity contribution in [2.75, 3.05) is 0 Å². The fourth-order valence-electron chi connectivity index (χ4n) is 2.13. The van der Waals surface area contributed by atoms with Crippen LogP contribution in [0.2, 0.25) is 0 Å². The molecule has 0 aliphatic carbocycles. The van der Waals surface area contributed by atoms with Crippen molar-refractivity contribution in [1.29, 1.82) is 0 Å². The molecule has 0 radical (unpaired) electrons. The van der Waals surface area contributed by atoms with Crippen molar-refractivity contribution in [3.8, 4) is 5.75 Å². The maximum absolute atomic E-state index is 12.3. The van der Waals surface area contributed by atoms with Gasteiger partial charge in [0.1, 0.15) is 5.75 Å². The zero-order valence-corrected chi connectivity index (χ0v) is 13.0. The lowest BCUT2D eigenvalue weighted by atomic mass is 10.2. The van der Waals surface area contributed by atoms with E-state index in [0.29, 0.717) is 17.3 Å². The fourth-order valence-corrected chi connectivity index (χ4v) is 2.87. The van der Waals surface area contributed by atoms with Gasteiger partial charge in [0.05, 0.1) is 5.38 Å². The van der Waals surface area contributed by atoms with Crippen LogP contribution >= 0.6 is 11.3 Å². The highest BCUT2D eigenvalue weighted by atomic mass is 32.1. The Labute approximate surface area is 133 Å². The van der Waals surface area contributed by atoms with Crippen LogP contribution in [0.15, 0.2) is 66.2 Å². The summed E-state index contributed by atoms with van der Waals surface area (Å²) in [5.41, 5.74) is 2.28. The first-order valence-electron chi connectivity index (χ1n) is 7.02. The summed E-state index contributed by atoms with van der Waals surface area (Å²) in [7, 11) is 0. The molecule has 0 amide bonds. The molecule has 0 N–H and O–H groups in total. The van der Waals surface area contributed by atoms with E-state index in [4.69, 9.17) is 4.74 Å². The van der Waals surface area contributed by atoms with E-state index in [9.17, 15) is 4.79 Å². The first-order valence-corrected chi connectivity index (χ1v) is 7.90. The third-order valence-electron chi connectivity index (χ3n) is 3.28. The molecule has 1 heterocycles. The molecular formula is C18H16NO2S+. The zero-order chi connectivity index (χ0) is 15.4. The molecule has 0 aliphatic heterocycles. The Bertz CT molecular complexity index is 763. The predicted molar refractivity (Wildman–Crippen MR) is 86.2 cm³/mol. The number of hydrogen-bond acceptors (Lipinski definition) is 3. The zero-order valence-electron chi connectivity index (χ0n) is 12.2. The predicted octanol–water partition coefficient (Wildman–Crippen LogP) is 3.61. The molecule has 0 unspecified atom stereocenters. The van der Waals surface area contributed by atoms with Gasteiger partial charge in [0.2, 0.25) is 0 Å². The summed E-state index contributed by atoms with van der Waals surface area (Å²) in [6, 6.07) is 17.5. The molecule has 0 fully saturated rings. The smallest absolute Gasteiger partial charge is 0.418 e. The highest BCUT2D eigenvalue weighted by Crippen LogP contribution is 2.14. The van der Waals surface area contributed by atoms with E-state index in [1.807, 2.05) is 77.7 Å². The Morgan fingerprint density at radius 2 is 1.82 bits per heavy atom. The molecule has 0 spiro atoms. The molecular weight excluding hydrogens is 294 g/mol. The van der Waals surface area contributed by atoms with Gasteiger partial charge in [0.25, 0.3) is 0 Å². The number of hydrogen-bond donors (Lipinski definition) is 0.